The molecule has 3 aromatic rings. The van der Waals surface area contributed by atoms with Gasteiger partial charge < -0.3 is 19.8 Å². The van der Waals surface area contributed by atoms with E-state index in [2.05, 4.69) is 9.97 Å². The van der Waals surface area contributed by atoms with E-state index in [1.165, 1.54) is 0 Å². The second-order valence-electron chi connectivity index (χ2n) is 5.67. The van der Waals surface area contributed by atoms with E-state index in [1.54, 1.807) is 30.3 Å². The lowest BCUT2D eigenvalue weighted by Gasteiger charge is -2.27. The molecule has 7 nitrogen and oxygen atoms in total. The molecule has 0 atom stereocenters. The first-order valence-electron chi connectivity index (χ1n) is 7.62. The van der Waals surface area contributed by atoms with Crippen molar-refractivity contribution in [2.24, 2.45) is 0 Å². The Morgan fingerprint density at radius 3 is 3.12 bits per heavy atom. The summed E-state index contributed by atoms with van der Waals surface area (Å²) in [6, 6.07) is 7.29. The zero-order chi connectivity index (χ0) is 16.7. The first-order valence-corrected chi connectivity index (χ1v) is 7.62. The second kappa shape index (κ2) is 5.52. The minimum Gasteiger partial charge on any atom is -0.493 e. The van der Waals surface area contributed by atoms with Gasteiger partial charge in [-0.2, -0.15) is 0 Å². The van der Waals surface area contributed by atoms with Crippen molar-refractivity contribution < 1.29 is 13.9 Å². The minimum absolute atomic E-state index is 0.170. The molecule has 0 fully saturated rings. The maximum Gasteiger partial charge on any atom is 0.289 e. The largest absolute Gasteiger partial charge is 0.493 e. The molecule has 1 amide bonds. The number of furan rings is 1. The molecule has 3 heterocycles. The average molecular weight is 324 g/mol. The molecule has 1 aromatic carbocycles. The van der Waals surface area contributed by atoms with Crippen LogP contribution < -0.4 is 10.5 Å². The summed E-state index contributed by atoms with van der Waals surface area (Å²) in [5, 5.41) is 0.835. The van der Waals surface area contributed by atoms with E-state index in [0.29, 0.717) is 36.6 Å². The molecule has 0 saturated carbocycles. The number of carbonyl (C=O) groups is 1. The van der Waals surface area contributed by atoms with Crippen molar-refractivity contribution >= 4 is 22.8 Å². The Kier molecular flexibility index (Phi) is 3.34. The molecule has 7 heteroatoms. The number of nitrogens with zero attached hydrogens (tertiary/aromatic N) is 3. The quantitative estimate of drug-likeness (QED) is 0.775. The fourth-order valence-corrected chi connectivity index (χ4v) is 2.95. The second-order valence-corrected chi connectivity index (χ2v) is 5.67. The monoisotopic (exact) mass is 324 g/mol. The Labute approximate surface area is 138 Å². The highest BCUT2D eigenvalue weighted by molar-refractivity contribution is 5.97. The average Bonchev–Trinajstić information content (AvgIpc) is 3.04. The van der Waals surface area contributed by atoms with Crippen LogP contribution in [-0.2, 0) is 13.0 Å². The molecule has 2 aromatic heterocycles. The Morgan fingerprint density at radius 2 is 2.29 bits per heavy atom. The Morgan fingerprint density at radius 1 is 1.42 bits per heavy atom. The molecule has 1 aliphatic heterocycles. The highest BCUT2D eigenvalue weighted by Crippen LogP contribution is 2.29. The first-order chi connectivity index (χ1) is 11.7. The van der Waals surface area contributed by atoms with E-state index in [9.17, 15) is 4.79 Å². The maximum atomic E-state index is 12.8. The number of benzene rings is 1. The molecule has 0 saturated heterocycles. The lowest BCUT2D eigenvalue weighted by Crippen LogP contribution is -2.36. The molecular weight excluding hydrogens is 308 g/mol. The SMILES string of the molecule is COc1cccc2cc(C(=O)N3CCc4cnc(N)nc4C3)oc12. The third-order valence-electron chi connectivity index (χ3n) is 4.19. The normalized spacial score (nSPS) is 13.8. The number of aromatic nitrogens is 2. The van der Waals surface area contributed by atoms with Crippen molar-refractivity contribution in [2.45, 2.75) is 13.0 Å². The van der Waals surface area contributed by atoms with Crippen LogP contribution >= 0.6 is 0 Å². The number of fused-ring (bicyclic) bond motifs is 2. The molecule has 0 bridgehead atoms. The van der Waals surface area contributed by atoms with E-state index >= 15 is 0 Å². The van der Waals surface area contributed by atoms with E-state index in [4.69, 9.17) is 14.9 Å². The van der Waals surface area contributed by atoms with Crippen molar-refractivity contribution in [3.05, 3.63) is 47.5 Å². The van der Waals surface area contributed by atoms with Crippen LogP contribution in [0.25, 0.3) is 11.0 Å². The number of amides is 1. The number of ether oxygens (including phenoxy) is 1. The number of para-hydroxylation sites is 1. The summed E-state index contributed by atoms with van der Waals surface area (Å²) in [4.78, 5) is 22.7. The number of carbonyl (C=O) groups excluding carboxylic acids is 1. The number of nitrogen functional groups attached to an aromatic ring is 1. The molecule has 1 aliphatic rings. The van der Waals surface area contributed by atoms with Gasteiger partial charge in [-0.1, -0.05) is 12.1 Å². The van der Waals surface area contributed by atoms with Gasteiger partial charge in [0.25, 0.3) is 5.91 Å². The molecule has 0 spiro atoms. The van der Waals surface area contributed by atoms with Gasteiger partial charge in [0.15, 0.2) is 17.1 Å². The third kappa shape index (κ3) is 2.34. The molecule has 0 aliphatic carbocycles. The number of methoxy groups -OCH3 is 1. The van der Waals surface area contributed by atoms with Crippen molar-refractivity contribution in [1.82, 2.24) is 14.9 Å². The number of hydrogen-bond acceptors (Lipinski definition) is 6. The van der Waals surface area contributed by atoms with Gasteiger partial charge in [-0.25, -0.2) is 9.97 Å². The lowest BCUT2D eigenvalue weighted by molar-refractivity contribution is 0.0701. The van der Waals surface area contributed by atoms with Gasteiger partial charge >= 0.3 is 0 Å². The van der Waals surface area contributed by atoms with Gasteiger partial charge in [0.1, 0.15) is 0 Å². The fourth-order valence-electron chi connectivity index (χ4n) is 2.95. The van der Waals surface area contributed by atoms with E-state index in [0.717, 1.165) is 16.6 Å². The van der Waals surface area contributed by atoms with Gasteiger partial charge in [0, 0.05) is 18.1 Å². The molecule has 24 heavy (non-hydrogen) atoms. The van der Waals surface area contributed by atoms with Gasteiger partial charge in [0.2, 0.25) is 5.95 Å². The number of hydrogen-bond donors (Lipinski definition) is 1. The molecule has 122 valence electrons. The third-order valence-corrected chi connectivity index (χ3v) is 4.19. The van der Waals surface area contributed by atoms with Crippen LogP contribution in [0.1, 0.15) is 21.8 Å². The van der Waals surface area contributed by atoms with Crippen LogP contribution in [0, 0.1) is 0 Å². The van der Waals surface area contributed by atoms with E-state index < -0.39 is 0 Å². The first kappa shape index (κ1) is 14.5. The summed E-state index contributed by atoms with van der Waals surface area (Å²) < 4.78 is 11.0. The topological polar surface area (TPSA) is 94.5 Å². The highest BCUT2D eigenvalue weighted by Gasteiger charge is 2.26. The summed E-state index contributed by atoms with van der Waals surface area (Å²) >= 11 is 0. The maximum absolute atomic E-state index is 12.8. The predicted molar refractivity (Wildman–Crippen MR) is 87.7 cm³/mol. The van der Waals surface area contributed by atoms with Crippen molar-refractivity contribution in [2.75, 3.05) is 19.4 Å². The Hall–Kier alpha value is -3.09. The van der Waals surface area contributed by atoms with Crippen LogP contribution in [0.4, 0.5) is 5.95 Å². The Balaban J connectivity index is 1.65. The summed E-state index contributed by atoms with van der Waals surface area (Å²) in [7, 11) is 1.57. The predicted octanol–water partition coefficient (Wildman–Crippen LogP) is 2.01. The zero-order valence-electron chi connectivity index (χ0n) is 13.2. The number of rotatable bonds is 2. The Bertz CT molecular complexity index is 935. The van der Waals surface area contributed by atoms with Crippen LogP contribution in [0.3, 0.4) is 0 Å². The van der Waals surface area contributed by atoms with Gasteiger partial charge in [-0.05, 0) is 24.1 Å². The van der Waals surface area contributed by atoms with Crippen LogP contribution in [0.5, 0.6) is 5.75 Å². The molecule has 0 radical (unpaired) electrons. The molecule has 2 N–H and O–H groups in total. The van der Waals surface area contributed by atoms with Crippen molar-refractivity contribution in [1.29, 1.82) is 0 Å². The summed E-state index contributed by atoms with van der Waals surface area (Å²) in [5.41, 5.74) is 8.03. The molecule has 0 unspecified atom stereocenters. The number of nitrogens with two attached hydrogens (primary N) is 1. The van der Waals surface area contributed by atoms with E-state index in [-0.39, 0.29) is 11.9 Å². The standard InChI is InChI=1S/C17H16N4O3/c1-23-13-4-2-3-10-7-14(24-15(10)13)16(22)21-6-5-11-8-19-17(18)20-12(11)9-21/h2-4,7-8H,5-6,9H2,1H3,(H2,18,19,20). The van der Waals surface area contributed by atoms with Crippen LogP contribution in [0.15, 0.2) is 34.9 Å². The lowest BCUT2D eigenvalue weighted by atomic mass is 10.1. The van der Waals surface area contributed by atoms with Crippen molar-refractivity contribution in [3.8, 4) is 5.75 Å². The molecule has 4 rings (SSSR count). The van der Waals surface area contributed by atoms with E-state index in [1.807, 2.05) is 12.1 Å². The highest BCUT2D eigenvalue weighted by atomic mass is 16.5. The summed E-state index contributed by atoms with van der Waals surface area (Å²) in [6.45, 7) is 0.988. The summed E-state index contributed by atoms with van der Waals surface area (Å²) in [6.07, 6.45) is 2.43. The summed E-state index contributed by atoms with van der Waals surface area (Å²) in [5.74, 6) is 0.948. The minimum atomic E-state index is -0.170. The molecular formula is C17H16N4O3. The van der Waals surface area contributed by atoms with Gasteiger partial charge in [0.05, 0.1) is 19.3 Å². The van der Waals surface area contributed by atoms with Crippen molar-refractivity contribution in [3.63, 3.8) is 0 Å². The van der Waals surface area contributed by atoms with Gasteiger partial charge in [-0.15, -0.1) is 0 Å². The van der Waals surface area contributed by atoms with Crippen LogP contribution in [-0.4, -0.2) is 34.4 Å². The van der Waals surface area contributed by atoms with Gasteiger partial charge in [-0.3, -0.25) is 4.79 Å². The number of anilines is 1. The van der Waals surface area contributed by atoms with Crippen LogP contribution in [0.2, 0.25) is 0 Å². The smallest absolute Gasteiger partial charge is 0.289 e. The fraction of sp³-hybridized carbons (Fsp3) is 0.235. The zero-order valence-corrected chi connectivity index (χ0v) is 13.2.